The van der Waals surface area contributed by atoms with Gasteiger partial charge in [0.05, 0.1) is 5.56 Å². The van der Waals surface area contributed by atoms with Gasteiger partial charge in [-0.2, -0.15) is 13.2 Å². The van der Waals surface area contributed by atoms with Crippen molar-refractivity contribution in [3.8, 4) is 0 Å². The van der Waals surface area contributed by atoms with Gasteiger partial charge in [0.1, 0.15) is 0 Å². The van der Waals surface area contributed by atoms with Crippen LogP contribution in [0.2, 0.25) is 0 Å². The average Bonchev–Trinajstić information content (AvgIpc) is 3.16. The first-order chi connectivity index (χ1) is 13.7. The zero-order chi connectivity index (χ0) is 21.2. The van der Waals surface area contributed by atoms with Crippen LogP contribution in [0, 0.1) is 13.8 Å². The predicted molar refractivity (Wildman–Crippen MR) is 110 cm³/mol. The summed E-state index contributed by atoms with van der Waals surface area (Å²) in [6, 6.07) is 9.47. The van der Waals surface area contributed by atoms with Crippen LogP contribution in [0.15, 0.2) is 36.4 Å². The van der Waals surface area contributed by atoms with Crippen molar-refractivity contribution in [1.82, 2.24) is 0 Å². The number of aryl methyl sites for hydroxylation is 2. The van der Waals surface area contributed by atoms with Gasteiger partial charge in [0.15, 0.2) is 0 Å². The fourth-order valence-electron chi connectivity index (χ4n) is 4.30. The highest BCUT2D eigenvalue weighted by molar-refractivity contribution is 5.94. The van der Waals surface area contributed by atoms with Crippen molar-refractivity contribution in [2.24, 2.45) is 0 Å². The Morgan fingerprint density at radius 2 is 1.72 bits per heavy atom. The zero-order valence-electron chi connectivity index (χ0n) is 17.1. The molecule has 6 heteroatoms. The van der Waals surface area contributed by atoms with Crippen molar-refractivity contribution in [3.05, 3.63) is 58.7 Å². The molecule has 29 heavy (non-hydrogen) atoms. The van der Waals surface area contributed by atoms with Gasteiger partial charge in [-0.15, -0.1) is 0 Å². The zero-order valence-corrected chi connectivity index (χ0v) is 17.1. The maximum Gasteiger partial charge on any atom is 0.416 e. The van der Waals surface area contributed by atoms with Gasteiger partial charge in [-0.3, -0.25) is 4.79 Å². The third kappa shape index (κ3) is 4.92. The molecule has 1 amide bonds. The standard InChI is InChI=1S/C23H27F3N2O/c1-15-11-18(14-27-20-8-6-7-19(13-20)23(24,25)26)12-16(2)22(15)28(17(3)29)21-9-4-5-10-21/h6-8,11-13,21,27H,4-5,9-10,14H2,1-3H3. The minimum Gasteiger partial charge on any atom is -0.381 e. The van der Waals surface area contributed by atoms with Gasteiger partial charge < -0.3 is 10.2 Å². The number of benzene rings is 2. The van der Waals surface area contributed by atoms with E-state index in [9.17, 15) is 18.0 Å². The molecule has 0 saturated heterocycles. The Labute approximate surface area is 169 Å². The lowest BCUT2D eigenvalue weighted by atomic mass is 10.0. The molecule has 3 nitrogen and oxygen atoms in total. The van der Waals surface area contributed by atoms with Crippen LogP contribution in [0.5, 0.6) is 0 Å². The van der Waals surface area contributed by atoms with Crippen LogP contribution in [0.25, 0.3) is 0 Å². The number of halogens is 3. The molecule has 1 N–H and O–H groups in total. The van der Waals surface area contributed by atoms with Crippen LogP contribution in [-0.4, -0.2) is 11.9 Å². The highest BCUT2D eigenvalue weighted by Crippen LogP contribution is 2.34. The number of rotatable bonds is 5. The average molecular weight is 404 g/mol. The number of alkyl halides is 3. The van der Waals surface area contributed by atoms with Gasteiger partial charge in [-0.1, -0.05) is 31.0 Å². The summed E-state index contributed by atoms with van der Waals surface area (Å²) in [5.41, 5.74) is 3.71. The predicted octanol–water partition coefficient (Wildman–Crippen LogP) is 6.23. The molecule has 1 aliphatic rings. The first kappa shape index (κ1) is 21.2. The molecule has 1 saturated carbocycles. The van der Waals surface area contributed by atoms with Crippen molar-refractivity contribution in [1.29, 1.82) is 0 Å². The van der Waals surface area contributed by atoms with Gasteiger partial charge in [0.2, 0.25) is 5.91 Å². The summed E-state index contributed by atoms with van der Waals surface area (Å²) in [5, 5.41) is 3.07. The van der Waals surface area contributed by atoms with Crippen molar-refractivity contribution < 1.29 is 18.0 Å². The van der Waals surface area contributed by atoms with E-state index < -0.39 is 11.7 Å². The van der Waals surface area contributed by atoms with Crippen molar-refractivity contribution in [2.45, 2.75) is 65.2 Å². The Morgan fingerprint density at radius 3 is 2.28 bits per heavy atom. The molecule has 156 valence electrons. The minimum absolute atomic E-state index is 0.0536. The Morgan fingerprint density at radius 1 is 1.10 bits per heavy atom. The SMILES string of the molecule is CC(=O)N(c1c(C)cc(CNc2cccc(C(F)(F)F)c2)cc1C)C1CCCC1. The molecule has 0 radical (unpaired) electrons. The summed E-state index contributed by atoms with van der Waals surface area (Å²) >= 11 is 0. The van der Waals surface area contributed by atoms with Crippen LogP contribution in [0.1, 0.15) is 54.9 Å². The number of nitrogens with one attached hydrogen (secondary N) is 1. The van der Waals surface area contributed by atoms with E-state index in [4.69, 9.17) is 0 Å². The molecule has 3 rings (SSSR count). The van der Waals surface area contributed by atoms with E-state index in [1.165, 1.54) is 6.07 Å². The summed E-state index contributed by atoms with van der Waals surface area (Å²) in [6.07, 6.45) is -0.0192. The fourth-order valence-corrected chi connectivity index (χ4v) is 4.30. The lowest BCUT2D eigenvalue weighted by Crippen LogP contribution is -2.38. The maximum atomic E-state index is 12.9. The van der Waals surface area contributed by atoms with Crippen molar-refractivity contribution in [2.75, 3.05) is 10.2 Å². The maximum absolute atomic E-state index is 12.9. The summed E-state index contributed by atoms with van der Waals surface area (Å²) < 4.78 is 38.7. The number of amides is 1. The Balaban J connectivity index is 1.80. The summed E-state index contributed by atoms with van der Waals surface area (Å²) in [5.74, 6) is 0.0536. The second kappa shape index (κ2) is 8.47. The number of hydrogen-bond donors (Lipinski definition) is 1. The molecule has 0 atom stereocenters. The normalized spacial score (nSPS) is 14.8. The Bertz CT molecular complexity index is 863. The molecule has 0 spiro atoms. The van der Waals surface area contributed by atoms with Crippen LogP contribution in [-0.2, 0) is 17.5 Å². The summed E-state index contributed by atoms with van der Waals surface area (Å²) in [4.78, 5) is 14.3. The molecule has 1 aliphatic carbocycles. The topological polar surface area (TPSA) is 32.3 Å². The van der Waals surface area contributed by atoms with Gasteiger partial charge in [0, 0.05) is 30.9 Å². The van der Waals surface area contributed by atoms with Gasteiger partial charge in [0.25, 0.3) is 0 Å². The van der Waals surface area contributed by atoms with E-state index in [-0.39, 0.29) is 11.9 Å². The van der Waals surface area contributed by atoms with Crippen LogP contribution in [0.3, 0.4) is 0 Å². The van der Waals surface area contributed by atoms with Gasteiger partial charge in [-0.25, -0.2) is 0 Å². The van der Waals surface area contributed by atoms with Crippen molar-refractivity contribution in [3.63, 3.8) is 0 Å². The molecular formula is C23H27F3N2O. The molecule has 0 heterocycles. The van der Waals surface area contributed by atoms with E-state index >= 15 is 0 Å². The van der Waals surface area contributed by atoms with E-state index in [1.807, 2.05) is 30.9 Å². The minimum atomic E-state index is -4.36. The number of carbonyl (C=O) groups excluding carboxylic acids is 1. The molecule has 0 aromatic heterocycles. The molecule has 0 aliphatic heterocycles. The molecule has 0 bridgehead atoms. The van der Waals surface area contributed by atoms with Crippen LogP contribution < -0.4 is 10.2 Å². The lowest BCUT2D eigenvalue weighted by Gasteiger charge is -2.31. The molecular weight excluding hydrogens is 377 g/mol. The first-order valence-electron chi connectivity index (χ1n) is 9.98. The van der Waals surface area contributed by atoms with Crippen LogP contribution >= 0.6 is 0 Å². The second-order valence-corrected chi connectivity index (χ2v) is 7.84. The lowest BCUT2D eigenvalue weighted by molar-refractivity contribution is -0.137. The molecule has 0 unspecified atom stereocenters. The van der Waals surface area contributed by atoms with E-state index in [2.05, 4.69) is 5.32 Å². The van der Waals surface area contributed by atoms with Crippen LogP contribution in [0.4, 0.5) is 24.5 Å². The van der Waals surface area contributed by atoms with Gasteiger partial charge in [-0.05, 0) is 61.6 Å². The number of anilines is 2. The van der Waals surface area contributed by atoms with Crippen molar-refractivity contribution >= 4 is 17.3 Å². The molecule has 1 fully saturated rings. The highest BCUT2D eigenvalue weighted by atomic mass is 19.4. The Hall–Kier alpha value is -2.50. The Kier molecular flexibility index (Phi) is 6.20. The third-order valence-electron chi connectivity index (χ3n) is 5.51. The first-order valence-corrected chi connectivity index (χ1v) is 9.98. The van der Waals surface area contributed by atoms with E-state index in [0.29, 0.717) is 12.2 Å². The molecule has 2 aromatic rings. The smallest absolute Gasteiger partial charge is 0.381 e. The summed E-state index contributed by atoms with van der Waals surface area (Å²) in [6.45, 7) is 6.00. The number of carbonyl (C=O) groups is 1. The van der Waals surface area contributed by atoms with E-state index in [1.54, 1.807) is 13.0 Å². The summed E-state index contributed by atoms with van der Waals surface area (Å²) in [7, 11) is 0. The fraction of sp³-hybridized carbons (Fsp3) is 0.435. The third-order valence-corrected chi connectivity index (χ3v) is 5.51. The number of nitrogens with zero attached hydrogens (tertiary/aromatic N) is 1. The molecule has 2 aromatic carbocycles. The number of hydrogen-bond acceptors (Lipinski definition) is 2. The van der Waals surface area contributed by atoms with E-state index in [0.717, 1.165) is 60.2 Å². The quantitative estimate of drug-likeness (QED) is 0.641. The highest BCUT2D eigenvalue weighted by Gasteiger charge is 2.30. The van der Waals surface area contributed by atoms with Gasteiger partial charge >= 0.3 is 6.18 Å². The largest absolute Gasteiger partial charge is 0.416 e. The second-order valence-electron chi connectivity index (χ2n) is 7.84. The monoisotopic (exact) mass is 404 g/mol.